The molecule has 0 aliphatic heterocycles. The maximum Gasteiger partial charge on any atom is 0.305 e. The van der Waals surface area contributed by atoms with Crippen molar-refractivity contribution in [1.82, 2.24) is 0 Å². The Balaban J connectivity index is 3.16. The van der Waals surface area contributed by atoms with Gasteiger partial charge in [0.05, 0.1) is 17.9 Å². The van der Waals surface area contributed by atoms with Gasteiger partial charge in [-0.3, -0.25) is 9.10 Å². The first-order chi connectivity index (χ1) is 8.88. The van der Waals surface area contributed by atoms with Crippen LogP contribution in [0.25, 0.3) is 0 Å². The number of hydrogen-bond acceptors (Lipinski definition) is 3. The minimum atomic E-state index is -3.59. The predicted molar refractivity (Wildman–Crippen MR) is 74.8 cm³/mol. The summed E-state index contributed by atoms with van der Waals surface area (Å²) in [5.41, 5.74) is 1.28. The molecule has 0 spiro atoms. The number of carbonyl (C=O) groups is 1. The third-order valence-electron chi connectivity index (χ3n) is 2.58. The molecular weight excluding hydrogens is 266 g/mol. The molecule has 0 bridgehead atoms. The highest BCUT2D eigenvalue weighted by Gasteiger charge is 2.22. The Morgan fingerprint density at radius 2 is 2.05 bits per heavy atom. The van der Waals surface area contributed by atoms with Crippen LogP contribution in [0, 0.1) is 6.92 Å². The van der Waals surface area contributed by atoms with Crippen molar-refractivity contribution in [3.8, 4) is 0 Å². The Morgan fingerprint density at radius 3 is 2.58 bits per heavy atom. The summed E-state index contributed by atoms with van der Waals surface area (Å²) in [4.78, 5) is 10.7. The van der Waals surface area contributed by atoms with E-state index in [1.165, 1.54) is 6.08 Å². The summed E-state index contributed by atoms with van der Waals surface area (Å²) in [6, 6.07) is 6.97. The zero-order chi connectivity index (χ0) is 14.5. The monoisotopic (exact) mass is 283 g/mol. The van der Waals surface area contributed by atoms with Crippen molar-refractivity contribution in [2.75, 3.05) is 16.6 Å². The first-order valence-electron chi connectivity index (χ1n) is 5.77. The molecule has 19 heavy (non-hydrogen) atoms. The van der Waals surface area contributed by atoms with Gasteiger partial charge >= 0.3 is 5.97 Å². The Bertz CT molecular complexity index is 566. The van der Waals surface area contributed by atoms with Gasteiger partial charge in [0.25, 0.3) is 0 Å². The van der Waals surface area contributed by atoms with Gasteiger partial charge in [0, 0.05) is 6.54 Å². The molecule has 0 aliphatic carbocycles. The molecule has 0 heterocycles. The van der Waals surface area contributed by atoms with Crippen LogP contribution in [0.5, 0.6) is 0 Å². The fourth-order valence-corrected chi connectivity index (χ4v) is 3.04. The molecule has 0 saturated heterocycles. The molecule has 0 fully saturated rings. The first kappa shape index (κ1) is 15.2. The summed E-state index contributed by atoms with van der Waals surface area (Å²) in [6.45, 7) is 5.11. The molecule has 0 radical (unpaired) electrons. The van der Waals surface area contributed by atoms with Gasteiger partial charge in [-0.15, -0.1) is 6.58 Å². The highest BCUT2D eigenvalue weighted by molar-refractivity contribution is 7.92. The van der Waals surface area contributed by atoms with Gasteiger partial charge < -0.3 is 5.11 Å². The summed E-state index contributed by atoms with van der Waals surface area (Å²) in [5.74, 6) is -1.26. The molecule has 0 amide bonds. The largest absolute Gasteiger partial charge is 0.481 e. The van der Waals surface area contributed by atoms with E-state index in [4.69, 9.17) is 5.11 Å². The molecule has 0 atom stereocenters. The van der Waals surface area contributed by atoms with Gasteiger partial charge in [0.2, 0.25) is 10.0 Å². The Kier molecular flexibility index (Phi) is 5.11. The summed E-state index contributed by atoms with van der Waals surface area (Å²) < 4.78 is 25.5. The van der Waals surface area contributed by atoms with E-state index < -0.39 is 16.0 Å². The lowest BCUT2D eigenvalue weighted by Crippen LogP contribution is -2.35. The molecule has 5 nitrogen and oxygen atoms in total. The number of hydrogen-bond donors (Lipinski definition) is 1. The third kappa shape index (κ3) is 4.10. The Morgan fingerprint density at radius 1 is 1.42 bits per heavy atom. The number of para-hydroxylation sites is 1. The number of rotatable bonds is 7. The van der Waals surface area contributed by atoms with Crippen molar-refractivity contribution >= 4 is 21.7 Å². The Hall–Kier alpha value is -1.82. The van der Waals surface area contributed by atoms with Crippen LogP contribution in [0.15, 0.2) is 36.9 Å². The highest BCUT2D eigenvalue weighted by atomic mass is 32.2. The van der Waals surface area contributed by atoms with E-state index in [1.807, 2.05) is 0 Å². The number of nitrogens with zero attached hydrogens (tertiary/aromatic N) is 1. The zero-order valence-electron chi connectivity index (χ0n) is 10.7. The number of carboxylic acid groups (broad SMARTS) is 1. The summed E-state index contributed by atoms with van der Waals surface area (Å²) >= 11 is 0. The van der Waals surface area contributed by atoms with Crippen LogP contribution < -0.4 is 4.31 Å². The second kappa shape index (κ2) is 6.38. The maximum atomic E-state index is 12.2. The summed E-state index contributed by atoms with van der Waals surface area (Å²) in [5, 5.41) is 8.73. The molecule has 1 rings (SSSR count). The van der Waals surface area contributed by atoms with Crippen LogP contribution >= 0.6 is 0 Å². The highest BCUT2D eigenvalue weighted by Crippen LogP contribution is 2.23. The molecule has 0 unspecified atom stereocenters. The molecule has 6 heteroatoms. The molecule has 1 N–H and O–H groups in total. The van der Waals surface area contributed by atoms with E-state index in [0.29, 0.717) is 5.69 Å². The standard InChI is InChI=1S/C13H17NO4S/c1-3-10-19(17,18)14(9-8-13(15)16)12-7-5-4-6-11(12)2/h3-7H,1,8-10H2,2H3,(H,15,16). The maximum absolute atomic E-state index is 12.2. The number of anilines is 1. The van der Waals surface area contributed by atoms with Crippen molar-refractivity contribution in [3.05, 3.63) is 42.5 Å². The van der Waals surface area contributed by atoms with Crippen molar-refractivity contribution in [2.45, 2.75) is 13.3 Å². The van der Waals surface area contributed by atoms with E-state index in [9.17, 15) is 13.2 Å². The minimum absolute atomic E-state index is 0.0869. The van der Waals surface area contributed by atoms with Crippen molar-refractivity contribution in [2.24, 2.45) is 0 Å². The second-order valence-corrected chi connectivity index (χ2v) is 6.01. The van der Waals surface area contributed by atoms with Crippen LogP contribution in [0.4, 0.5) is 5.69 Å². The van der Waals surface area contributed by atoms with Crippen LogP contribution in [-0.4, -0.2) is 31.8 Å². The average Bonchev–Trinajstić information content (AvgIpc) is 2.30. The topological polar surface area (TPSA) is 74.7 Å². The first-order valence-corrected chi connectivity index (χ1v) is 7.38. The lowest BCUT2D eigenvalue weighted by atomic mass is 10.2. The predicted octanol–water partition coefficient (Wildman–Crippen LogP) is 1.79. The van der Waals surface area contributed by atoms with Gasteiger partial charge in [-0.2, -0.15) is 0 Å². The quantitative estimate of drug-likeness (QED) is 0.774. The van der Waals surface area contributed by atoms with E-state index >= 15 is 0 Å². The fraction of sp³-hybridized carbons (Fsp3) is 0.308. The van der Waals surface area contributed by atoms with Crippen LogP contribution in [0.2, 0.25) is 0 Å². The van der Waals surface area contributed by atoms with Gasteiger partial charge in [-0.25, -0.2) is 8.42 Å². The molecule has 0 aromatic heterocycles. The normalized spacial score (nSPS) is 11.0. The van der Waals surface area contributed by atoms with E-state index in [2.05, 4.69) is 6.58 Å². The molecule has 0 aliphatic rings. The third-order valence-corrected chi connectivity index (χ3v) is 4.28. The van der Waals surface area contributed by atoms with Crippen LogP contribution in [-0.2, 0) is 14.8 Å². The number of benzene rings is 1. The second-order valence-electron chi connectivity index (χ2n) is 4.07. The SMILES string of the molecule is C=CCS(=O)(=O)N(CCC(=O)O)c1ccccc1C. The van der Waals surface area contributed by atoms with Gasteiger partial charge in [0.15, 0.2) is 0 Å². The number of carboxylic acids is 1. The van der Waals surface area contributed by atoms with Gasteiger partial charge in [-0.05, 0) is 18.6 Å². The average molecular weight is 283 g/mol. The van der Waals surface area contributed by atoms with Crippen molar-refractivity contribution in [3.63, 3.8) is 0 Å². The number of aliphatic carboxylic acids is 1. The van der Waals surface area contributed by atoms with Gasteiger partial charge in [0.1, 0.15) is 0 Å². The van der Waals surface area contributed by atoms with E-state index in [-0.39, 0.29) is 18.7 Å². The molecule has 0 saturated carbocycles. The smallest absolute Gasteiger partial charge is 0.305 e. The molecular formula is C13H17NO4S. The van der Waals surface area contributed by atoms with E-state index in [0.717, 1.165) is 9.87 Å². The fourth-order valence-electron chi connectivity index (χ4n) is 1.69. The van der Waals surface area contributed by atoms with Crippen molar-refractivity contribution < 1.29 is 18.3 Å². The van der Waals surface area contributed by atoms with Crippen LogP contribution in [0.3, 0.4) is 0 Å². The molecule has 1 aromatic rings. The molecule has 104 valence electrons. The van der Waals surface area contributed by atoms with Crippen molar-refractivity contribution in [1.29, 1.82) is 0 Å². The lowest BCUT2D eigenvalue weighted by Gasteiger charge is -2.24. The minimum Gasteiger partial charge on any atom is -0.481 e. The van der Waals surface area contributed by atoms with Gasteiger partial charge in [-0.1, -0.05) is 24.3 Å². The van der Waals surface area contributed by atoms with Crippen LogP contribution in [0.1, 0.15) is 12.0 Å². The summed E-state index contributed by atoms with van der Waals surface area (Å²) in [6.07, 6.45) is 1.05. The zero-order valence-corrected chi connectivity index (χ0v) is 11.6. The lowest BCUT2D eigenvalue weighted by molar-refractivity contribution is -0.136. The summed E-state index contributed by atoms with van der Waals surface area (Å²) in [7, 11) is -3.59. The number of aryl methyl sites for hydroxylation is 1. The number of sulfonamides is 1. The van der Waals surface area contributed by atoms with E-state index in [1.54, 1.807) is 31.2 Å². The Labute approximate surface area is 113 Å². The molecule has 1 aromatic carbocycles.